The third-order valence-electron chi connectivity index (χ3n) is 2.61. The predicted molar refractivity (Wildman–Crippen MR) is 76.3 cm³/mol. The second-order valence-corrected chi connectivity index (χ2v) is 5.59. The van der Waals surface area contributed by atoms with E-state index in [0.29, 0.717) is 10.5 Å². The second kappa shape index (κ2) is 5.81. The maximum absolute atomic E-state index is 13.6. The number of hydrogen-bond donors (Lipinski definition) is 1. The summed E-state index contributed by atoms with van der Waals surface area (Å²) in [4.78, 5) is 12.0. The molecule has 0 radical (unpaired) electrons. The average molecular weight is 314 g/mol. The quantitative estimate of drug-likeness (QED) is 0.667. The number of benzene rings is 2. The Hall–Kier alpha value is -1.59. The van der Waals surface area contributed by atoms with Crippen molar-refractivity contribution in [2.75, 3.05) is 5.73 Å². The molecule has 0 fully saturated rings. The molecule has 0 saturated carbocycles. The highest BCUT2D eigenvalue weighted by molar-refractivity contribution is 7.99. The maximum Gasteiger partial charge on any atom is 0.159 e. The minimum atomic E-state index is -0.696. The molecule has 2 nitrogen and oxygen atoms in total. The zero-order valence-corrected chi connectivity index (χ0v) is 12.0. The Bertz CT molecular complexity index is 691. The number of hydrogen-bond acceptors (Lipinski definition) is 3. The molecule has 20 heavy (non-hydrogen) atoms. The molecule has 0 aliphatic heterocycles. The van der Waals surface area contributed by atoms with Crippen molar-refractivity contribution in [2.24, 2.45) is 0 Å². The predicted octanol–water partition coefficient (Wildman–Crippen LogP) is 4.55. The molecule has 6 heteroatoms. The van der Waals surface area contributed by atoms with Crippen LogP contribution in [0, 0.1) is 11.6 Å². The molecule has 2 rings (SSSR count). The lowest BCUT2D eigenvalue weighted by Gasteiger charge is -2.10. The van der Waals surface area contributed by atoms with Crippen molar-refractivity contribution in [3.8, 4) is 0 Å². The number of carbonyl (C=O) groups excluding carboxylic acids is 1. The van der Waals surface area contributed by atoms with Gasteiger partial charge in [0.1, 0.15) is 11.6 Å². The van der Waals surface area contributed by atoms with E-state index in [1.807, 2.05) is 0 Å². The number of nitrogen functional groups attached to an aromatic ring is 1. The van der Waals surface area contributed by atoms with E-state index in [4.69, 9.17) is 17.3 Å². The van der Waals surface area contributed by atoms with Crippen LogP contribution in [-0.4, -0.2) is 5.78 Å². The number of nitrogens with two attached hydrogens (primary N) is 1. The lowest BCUT2D eigenvalue weighted by Crippen LogP contribution is -1.97. The van der Waals surface area contributed by atoms with Crippen molar-refractivity contribution in [2.45, 2.75) is 16.7 Å². The standard InChI is InChI=1S/C14H10ClF2NOS/c1-7(19)8-4-10(15)14(18)13(5-8)20-12-3-2-9(16)6-11(12)17/h2-6H,18H2,1H3. The van der Waals surface area contributed by atoms with Gasteiger partial charge < -0.3 is 5.73 Å². The summed E-state index contributed by atoms with van der Waals surface area (Å²) in [6.45, 7) is 1.40. The molecule has 0 heterocycles. The maximum atomic E-state index is 13.6. The van der Waals surface area contributed by atoms with E-state index >= 15 is 0 Å². The third-order valence-corrected chi connectivity index (χ3v) is 4.03. The van der Waals surface area contributed by atoms with Gasteiger partial charge in [0, 0.05) is 21.4 Å². The number of anilines is 1. The van der Waals surface area contributed by atoms with Gasteiger partial charge in [-0.05, 0) is 31.2 Å². The first kappa shape index (κ1) is 14.8. The lowest BCUT2D eigenvalue weighted by molar-refractivity contribution is 0.101. The summed E-state index contributed by atoms with van der Waals surface area (Å²) in [5.41, 5.74) is 6.46. The topological polar surface area (TPSA) is 43.1 Å². The fourth-order valence-electron chi connectivity index (χ4n) is 1.56. The van der Waals surface area contributed by atoms with Crippen LogP contribution in [0.15, 0.2) is 40.1 Å². The molecule has 0 spiro atoms. The molecule has 0 saturated heterocycles. The van der Waals surface area contributed by atoms with Crippen LogP contribution < -0.4 is 5.73 Å². The number of Topliss-reactive ketones (excluding diaryl/α,β-unsaturated/α-hetero) is 1. The number of ketones is 1. The zero-order chi connectivity index (χ0) is 14.9. The van der Waals surface area contributed by atoms with Gasteiger partial charge in [0.25, 0.3) is 0 Å². The fourth-order valence-corrected chi connectivity index (χ4v) is 2.77. The SMILES string of the molecule is CC(=O)c1cc(Cl)c(N)c(Sc2ccc(F)cc2F)c1. The van der Waals surface area contributed by atoms with E-state index in [0.717, 1.165) is 23.9 Å². The number of rotatable bonds is 3. The highest BCUT2D eigenvalue weighted by Crippen LogP contribution is 2.38. The lowest BCUT2D eigenvalue weighted by atomic mass is 10.1. The van der Waals surface area contributed by atoms with E-state index in [9.17, 15) is 13.6 Å². The van der Waals surface area contributed by atoms with E-state index in [2.05, 4.69) is 0 Å². The average Bonchev–Trinajstić information content (AvgIpc) is 2.37. The van der Waals surface area contributed by atoms with E-state index in [1.165, 1.54) is 25.1 Å². The van der Waals surface area contributed by atoms with Crippen molar-refractivity contribution in [3.05, 3.63) is 52.6 Å². The van der Waals surface area contributed by atoms with Gasteiger partial charge in [0.15, 0.2) is 5.78 Å². The van der Waals surface area contributed by atoms with Crippen LogP contribution in [0.3, 0.4) is 0 Å². The highest BCUT2D eigenvalue weighted by atomic mass is 35.5. The van der Waals surface area contributed by atoms with Gasteiger partial charge >= 0.3 is 0 Å². The number of halogens is 3. The van der Waals surface area contributed by atoms with Gasteiger partial charge in [0.05, 0.1) is 10.7 Å². The van der Waals surface area contributed by atoms with Gasteiger partial charge in [-0.15, -0.1) is 0 Å². The Morgan fingerprint density at radius 1 is 1.20 bits per heavy atom. The summed E-state index contributed by atoms with van der Waals surface area (Å²) in [7, 11) is 0. The fraction of sp³-hybridized carbons (Fsp3) is 0.0714. The van der Waals surface area contributed by atoms with Gasteiger partial charge in [0.2, 0.25) is 0 Å². The smallest absolute Gasteiger partial charge is 0.159 e. The summed E-state index contributed by atoms with van der Waals surface area (Å²) >= 11 is 6.94. The third kappa shape index (κ3) is 3.11. The molecule has 2 aromatic carbocycles. The van der Waals surface area contributed by atoms with Crippen LogP contribution in [-0.2, 0) is 0 Å². The van der Waals surface area contributed by atoms with Crippen LogP contribution in [0.25, 0.3) is 0 Å². The monoisotopic (exact) mass is 313 g/mol. The first-order chi connectivity index (χ1) is 9.38. The Morgan fingerprint density at radius 3 is 2.50 bits per heavy atom. The van der Waals surface area contributed by atoms with Crippen molar-refractivity contribution in [1.29, 1.82) is 0 Å². The molecule has 2 aromatic rings. The number of carbonyl (C=O) groups is 1. The Morgan fingerprint density at radius 2 is 1.90 bits per heavy atom. The van der Waals surface area contributed by atoms with E-state index in [1.54, 1.807) is 0 Å². The molecule has 0 aliphatic rings. The molecule has 0 aliphatic carbocycles. The Balaban J connectivity index is 2.45. The van der Waals surface area contributed by atoms with Crippen LogP contribution in [0.5, 0.6) is 0 Å². The van der Waals surface area contributed by atoms with Crippen molar-refractivity contribution in [1.82, 2.24) is 0 Å². The normalized spacial score (nSPS) is 10.6. The summed E-state index contributed by atoms with van der Waals surface area (Å²) in [5, 5.41) is 0.225. The van der Waals surface area contributed by atoms with Gasteiger partial charge in [-0.25, -0.2) is 8.78 Å². The van der Waals surface area contributed by atoms with Crippen LogP contribution in [0.4, 0.5) is 14.5 Å². The van der Waals surface area contributed by atoms with Gasteiger partial charge in [-0.1, -0.05) is 23.4 Å². The molecule has 0 bridgehead atoms. The summed E-state index contributed by atoms with van der Waals surface area (Å²) in [6.07, 6.45) is 0. The Kier molecular flexibility index (Phi) is 4.30. The van der Waals surface area contributed by atoms with E-state index in [-0.39, 0.29) is 21.4 Å². The Labute approximate surface area is 123 Å². The summed E-state index contributed by atoms with van der Waals surface area (Å²) in [5.74, 6) is -1.53. The van der Waals surface area contributed by atoms with Crippen molar-refractivity contribution < 1.29 is 13.6 Å². The van der Waals surface area contributed by atoms with Gasteiger partial charge in [-0.2, -0.15) is 0 Å². The molecule has 0 atom stereocenters. The van der Waals surface area contributed by atoms with Crippen LogP contribution in [0.2, 0.25) is 5.02 Å². The molecular formula is C14H10ClF2NOS. The van der Waals surface area contributed by atoms with Crippen molar-refractivity contribution >= 4 is 34.8 Å². The molecule has 104 valence electrons. The van der Waals surface area contributed by atoms with Crippen molar-refractivity contribution in [3.63, 3.8) is 0 Å². The first-order valence-electron chi connectivity index (χ1n) is 5.61. The van der Waals surface area contributed by atoms with Gasteiger partial charge in [-0.3, -0.25) is 4.79 Å². The molecule has 0 aromatic heterocycles. The summed E-state index contributed by atoms with van der Waals surface area (Å²) in [6, 6.07) is 6.25. The van der Waals surface area contributed by atoms with Crippen LogP contribution >= 0.6 is 23.4 Å². The highest BCUT2D eigenvalue weighted by Gasteiger charge is 2.13. The molecule has 0 unspecified atom stereocenters. The molecule has 0 amide bonds. The zero-order valence-electron chi connectivity index (χ0n) is 10.4. The van der Waals surface area contributed by atoms with Crippen LogP contribution in [0.1, 0.15) is 17.3 Å². The first-order valence-corrected chi connectivity index (χ1v) is 6.81. The largest absolute Gasteiger partial charge is 0.397 e. The molecular weight excluding hydrogens is 304 g/mol. The second-order valence-electron chi connectivity index (χ2n) is 4.10. The molecule has 2 N–H and O–H groups in total. The minimum absolute atomic E-state index is 0.173. The summed E-state index contributed by atoms with van der Waals surface area (Å²) < 4.78 is 26.5. The van der Waals surface area contributed by atoms with E-state index < -0.39 is 11.6 Å². The minimum Gasteiger partial charge on any atom is -0.397 e.